The van der Waals surface area contributed by atoms with Crippen molar-refractivity contribution in [2.45, 2.75) is 32.0 Å². The van der Waals surface area contributed by atoms with E-state index in [0.717, 1.165) is 24.2 Å². The molecule has 0 aliphatic rings. The Kier molecular flexibility index (Phi) is 9.89. The van der Waals surface area contributed by atoms with E-state index in [1.54, 1.807) is 24.3 Å². The molecule has 0 saturated heterocycles. The van der Waals surface area contributed by atoms with E-state index in [1.165, 1.54) is 17.7 Å². The molecule has 0 aliphatic carbocycles. The summed E-state index contributed by atoms with van der Waals surface area (Å²) < 4.78 is 16.8. The van der Waals surface area contributed by atoms with Gasteiger partial charge in [0.2, 0.25) is 11.3 Å². The second kappa shape index (κ2) is 14.4. The fourth-order valence-electron chi connectivity index (χ4n) is 4.78. The molecule has 3 aromatic carbocycles. The highest BCUT2D eigenvalue weighted by molar-refractivity contribution is 5.87. The smallest absolute Gasteiger partial charge is 0.374 e. The van der Waals surface area contributed by atoms with Crippen molar-refractivity contribution in [3.8, 4) is 11.5 Å². The largest absolute Gasteiger partial charge is 0.506 e. The summed E-state index contributed by atoms with van der Waals surface area (Å²) in [6.45, 7) is 1.32. The third kappa shape index (κ3) is 8.12. The first-order valence-corrected chi connectivity index (χ1v) is 14.2. The molecule has 1 atom stereocenters. The Bertz CT molecular complexity index is 1710. The number of fused-ring (bicyclic) bond motifs is 1. The number of aromatic nitrogens is 1. The molecule has 0 amide bonds. The van der Waals surface area contributed by atoms with Crippen LogP contribution in [0.25, 0.3) is 10.9 Å². The normalized spacial score (nSPS) is 11.8. The number of aliphatic hydroxyl groups is 1. The SMILES string of the molecule is O=C(OCCCCNCC(O)c1ccc(O)c2[nH]c(=O)ccc12)c1ccc(COc2cccc(Cc3ccccc3)c2)o1. The quantitative estimate of drug-likeness (QED) is 0.103. The lowest BCUT2D eigenvalue weighted by atomic mass is 10.0. The van der Waals surface area contributed by atoms with Crippen LogP contribution in [0.4, 0.5) is 0 Å². The molecule has 9 heteroatoms. The molecule has 0 saturated carbocycles. The first-order chi connectivity index (χ1) is 21.0. The van der Waals surface area contributed by atoms with Gasteiger partial charge in [0, 0.05) is 18.0 Å². The molecule has 0 radical (unpaired) electrons. The Labute approximate surface area is 248 Å². The number of aromatic hydroxyl groups is 1. The van der Waals surface area contributed by atoms with Crippen molar-refractivity contribution in [1.82, 2.24) is 10.3 Å². The van der Waals surface area contributed by atoms with Crippen molar-refractivity contribution in [3.63, 3.8) is 0 Å². The third-order valence-electron chi connectivity index (χ3n) is 6.98. The van der Waals surface area contributed by atoms with Crippen LogP contribution in [0, 0.1) is 0 Å². The molecule has 0 spiro atoms. The standard InChI is InChI=1S/C34H34N2O7/c37-29-14-12-27(28-13-16-32(39)36-33(28)29)30(38)21-35-17-4-5-18-41-34(40)31-15-11-26(43-31)22-42-25-10-6-9-24(20-25)19-23-7-2-1-3-8-23/h1-3,6-16,20,30,35,37-38H,4-5,17-19,21-22H2,(H,36,39). The number of aliphatic hydroxyl groups excluding tert-OH is 1. The number of pyridine rings is 1. The molecule has 4 N–H and O–H groups in total. The summed E-state index contributed by atoms with van der Waals surface area (Å²) in [5.41, 5.74) is 2.94. The van der Waals surface area contributed by atoms with Crippen LogP contribution in [0.3, 0.4) is 0 Å². The van der Waals surface area contributed by atoms with Gasteiger partial charge in [-0.3, -0.25) is 4.79 Å². The number of rotatable bonds is 14. The molecule has 222 valence electrons. The number of phenols is 1. The number of furan rings is 1. The maximum absolute atomic E-state index is 12.4. The molecule has 9 nitrogen and oxygen atoms in total. The fraction of sp³-hybridized carbons (Fsp3) is 0.235. The number of hydrogen-bond donors (Lipinski definition) is 4. The van der Waals surface area contributed by atoms with Gasteiger partial charge in [-0.1, -0.05) is 48.5 Å². The van der Waals surface area contributed by atoms with Crippen molar-refractivity contribution < 1.29 is 28.9 Å². The van der Waals surface area contributed by atoms with Gasteiger partial charge in [-0.2, -0.15) is 0 Å². The van der Waals surface area contributed by atoms with E-state index in [0.29, 0.717) is 35.2 Å². The van der Waals surface area contributed by atoms with Gasteiger partial charge in [0.1, 0.15) is 23.9 Å². The number of aromatic amines is 1. The lowest BCUT2D eigenvalue weighted by molar-refractivity contribution is 0.0458. The number of carbonyl (C=O) groups excluding carboxylic acids is 1. The summed E-state index contributed by atoms with van der Waals surface area (Å²) >= 11 is 0. The predicted octanol–water partition coefficient (Wildman–Crippen LogP) is 5.26. The fourth-order valence-corrected chi connectivity index (χ4v) is 4.78. The van der Waals surface area contributed by atoms with Crippen LogP contribution in [0.1, 0.15) is 52.0 Å². The zero-order valence-corrected chi connectivity index (χ0v) is 23.6. The van der Waals surface area contributed by atoms with Crippen molar-refractivity contribution in [2.75, 3.05) is 19.7 Å². The number of benzene rings is 3. The number of hydrogen-bond acceptors (Lipinski definition) is 8. The summed E-state index contributed by atoms with van der Waals surface area (Å²) in [6.07, 6.45) is 1.34. The van der Waals surface area contributed by atoms with E-state index in [1.807, 2.05) is 36.4 Å². The number of esters is 1. The van der Waals surface area contributed by atoms with Gasteiger partial charge in [-0.25, -0.2) is 4.79 Å². The lowest BCUT2D eigenvalue weighted by Gasteiger charge is -2.15. The minimum absolute atomic E-state index is 0.0503. The van der Waals surface area contributed by atoms with Gasteiger partial charge >= 0.3 is 5.97 Å². The molecule has 0 fully saturated rings. The van der Waals surface area contributed by atoms with Crippen LogP contribution in [-0.2, 0) is 17.8 Å². The topological polar surface area (TPSA) is 134 Å². The summed E-state index contributed by atoms with van der Waals surface area (Å²) in [7, 11) is 0. The van der Waals surface area contributed by atoms with Crippen LogP contribution in [0.5, 0.6) is 11.5 Å². The van der Waals surface area contributed by atoms with Crippen molar-refractivity contribution in [3.05, 3.63) is 130 Å². The van der Waals surface area contributed by atoms with Gasteiger partial charge in [-0.05, 0) is 78.9 Å². The Hall–Kier alpha value is -4.86. The first kappa shape index (κ1) is 29.6. The Morgan fingerprint density at radius 3 is 2.63 bits per heavy atom. The summed E-state index contributed by atoms with van der Waals surface area (Å²) in [6, 6.07) is 27.4. The summed E-state index contributed by atoms with van der Waals surface area (Å²) in [5, 5.41) is 24.4. The average molecular weight is 583 g/mol. The Morgan fingerprint density at radius 2 is 1.77 bits per heavy atom. The Morgan fingerprint density at radius 1 is 0.930 bits per heavy atom. The number of ether oxygens (including phenoxy) is 2. The number of nitrogens with one attached hydrogen (secondary N) is 2. The second-order valence-electron chi connectivity index (χ2n) is 10.2. The highest BCUT2D eigenvalue weighted by Crippen LogP contribution is 2.28. The highest BCUT2D eigenvalue weighted by atomic mass is 16.5. The van der Waals surface area contributed by atoms with Crippen LogP contribution in [0.2, 0.25) is 0 Å². The number of H-pyrrole nitrogens is 1. The van der Waals surface area contributed by atoms with Gasteiger partial charge in [-0.15, -0.1) is 0 Å². The monoisotopic (exact) mass is 582 g/mol. The first-order valence-electron chi connectivity index (χ1n) is 14.2. The molecule has 0 aliphatic heterocycles. The van der Waals surface area contributed by atoms with Crippen molar-refractivity contribution >= 4 is 16.9 Å². The van der Waals surface area contributed by atoms with Gasteiger partial charge in [0.05, 0.1) is 18.2 Å². The average Bonchev–Trinajstić information content (AvgIpc) is 3.50. The maximum atomic E-state index is 12.4. The molecular formula is C34H34N2O7. The number of phenolic OH excluding ortho intramolecular Hbond substituents is 1. The summed E-state index contributed by atoms with van der Waals surface area (Å²) in [5.74, 6) is 0.793. The van der Waals surface area contributed by atoms with E-state index in [2.05, 4.69) is 28.5 Å². The molecule has 5 rings (SSSR count). The van der Waals surface area contributed by atoms with Crippen molar-refractivity contribution in [2.24, 2.45) is 0 Å². The number of carbonyl (C=O) groups is 1. The molecule has 5 aromatic rings. The minimum atomic E-state index is -0.831. The second-order valence-corrected chi connectivity index (χ2v) is 10.2. The third-order valence-corrected chi connectivity index (χ3v) is 6.98. The van der Waals surface area contributed by atoms with Gasteiger partial charge in [0.25, 0.3) is 0 Å². The van der Waals surface area contributed by atoms with Crippen LogP contribution >= 0.6 is 0 Å². The van der Waals surface area contributed by atoms with E-state index < -0.39 is 12.1 Å². The van der Waals surface area contributed by atoms with Crippen LogP contribution < -0.4 is 15.6 Å². The maximum Gasteiger partial charge on any atom is 0.374 e. The minimum Gasteiger partial charge on any atom is -0.506 e. The van der Waals surface area contributed by atoms with Gasteiger partial charge < -0.3 is 34.4 Å². The Balaban J connectivity index is 0.993. The molecule has 2 heterocycles. The van der Waals surface area contributed by atoms with Crippen molar-refractivity contribution in [1.29, 1.82) is 0 Å². The highest BCUT2D eigenvalue weighted by Gasteiger charge is 2.15. The van der Waals surface area contributed by atoms with E-state index in [-0.39, 0.29) is 36.8 Å². The zero-order chi connectivity index (χ0) is 30.0. The van der Waals surface area contributed by atoms with E-state index >= 15 is 0 Å². The predicted molar refractivity (Wildman–Crippen MR) is 162 cm³/mol. The molecule has 2 aromatic heterocycles. The zero-order valence-electron chi connectivity index (χ0n) is 23.6. The lowest BCUT2D eigenvalue weighted by Crippen LogP contribution is -2.23. The van der Waals surface area contributed by atoms with Crippen LogP contribution in [-0.4, -0.2) is 40.9 Å². The van der Waals surface area contributed by atoms with E-state index in [9.17, 15) is 19.8 Å². The van der Waals surface area contributed by atoms with E-state index in [4.69, 9.17) is 13.9 Å². The van der Waals surface area contributed by atoms with Crippen LogP contribution in [0.15, 0.2) is 100 Å². The molecule has 1 unspecified atom stereocenters. The summed E-state index contributed by atoms with van der Waals surface area (Å²) in [4.78, 5) is 26.6. The van der Waals surface area contributed by atoms with Gasteiger partial charge in [0.15, 0.2) is 0 Å². The molecule has 43 heavy (non-hydrogen) atoms. The molecule has 0 bridgehead atoms. The molecular weight excluding hydrogens is 548 g/mol. The number of unbranched alkanes of at least 4 members (excludes halogenated alkanes) is 1.